The van der Waals surface area contributed by atoms with Crippen LogP contribution in [0.1, 0.15) is 18.5 Å². The summed E-state index contributed by atoms with van der Waals surface area (Å²) in [6.45, 7) is 2.07. The van der Waals surface area contributed by atoms with Crippen molar-refractivity contribution in [3.63, 3.8) is 0 Å². The Balaban J connectivity index is 0.00000182. The Morgan fingerprint density at radius 1 is 0.960 bits per heavy atom. The third-order valence-electron chi connectivity index (χ3n) is 3.93. The molecule has 0 unspecified atom stereocenters. The molecule has 1 atom stereocenters. The standard InChI is InChI=1S/C18H16N6.ClH/c1-12(13-5-3-2-4-6-13)21-18-22-16-8-7-14(9-17(16)23-24-18)15-10-19-20-11-15;/h2-12H,1H3,(H,19,20)(H,21,22,24);1H/t12-;/m1./s1. The van der Waals surface area contributed by atoms with Gasteiger partial charge in [-0.3, -0.25) is 5.10 Å². The molecule has 2 aromatic carbocycles. The second-order valence-corrected chi connectivity index (χ2v) is 5.60. The van der Waals surface area contributed by atoms with Crippen LogP contribution in [0.3, 0.4) is 0 Å². The van der Waals surface area contributed by atoms with Crippen molar-refractivity contribution in [1.29, 1.82) is 0 Å². The largest absolute Gasteiger partial charge is 0.346 e. The van der Waals surface area contributed by atoms with Crippen LogP contribution >= 0.6 is 12.4 Å². The van der Waals surface area contributed by atoms with Gasteiger partial charge in [0, 0.05) is 11.8 Å². The lowest BCUT2D eigenvalue weighted by Crippen LogP contribution is -2.10. The Kier molecular flexibility index (Phi) is 4.90. The van der Waals surface area contributed by atoms with Crippen LogP contribution in [-0.4, -0.2) is 25.4 Å². The van der Waals surface area contributed by atoms with Gasteiger partial charge >= 0.3 is 0 Å². The van der Waals surface area contributed by atoms with Gasteiger partial charge in [0.05, 0.1) is 17.8 Å². The molecule has 7 heteroatoms. The molecule has 0 aliphatic rings. The van der Waals surface area contributed by atoms with Gasteiger partial charge in [-0.05, 0) is 30.2 Å². The molecule has 25 heavy (non-hydrogen) atoms. The van der Waals surface area contributed by atoms with Crippen LogP contribution in [0.4, 0.5) is 5.95 Å². The van der Waals surface area contributed by atoms with E-state index in [9.17, 15) is 0 Å². The summed E-state index contributed by atoms with van der Waals surface area (Å²) in [5, 5.41) is 18.6. The lowest BCUT2D eigenvalue weighted by Gasteiger charge is -2.13. The Morgan fingerprint density at radius 2 is 1.80 bits per heavy atom. The van der Waals surface area contributed by atoms with Crippen molar-refractivity contribution >= 4 is 29.4 Å². The van der Waals surface area contributed by atoms with Crippen LogP contribution in [-0.2, 0) is 0 Å². The first-order valence-electron chi connectivity index (χ1n) is 7.75. The van der Waals surface area contributed by atoms with Crippen molar-refractivity contribution in [1.82, 2.24) is 25.4 Å². The van der Waals surface area contributed by atoms with Crippen LogP contribution in [0.25, 0.3) is 22.2 Å². The van der Waals surface area contributed by atoms with Crippen LogP contribution in [0.5, 0.6) is 0 Å². The summed E-state index contributed by atoms with van der Waals surface area (Å²) >= 11 is 0. The summed E-state index contributed by atoms with van der Waals surface area (Å²) in [4.78, 5) is 4.55. The fourth-order valence-corrected chi connectivity index (χ4v) is 2.60. The number of benzene rings is 2. The van der Waals surface area contributed by atoms with Crippen molar-refractivity contribution in [3.8, 4) is 11.1 Å². The molecular weight excluding hydrogens is 336 g/mol. The Hall–Kier alpha value is -2.99. The van der Waals surface area contributed by atoms with E-state index < -0.39 is 0 Å². The van der Waals surface area contributed by atoms with Crippen LogP contribution in [0, 0.1) is 0 Å². The average Bonchev–Trinajstić information content (AvgIpc) is 3.17. The lowest BCUT2D eigenvalue weighted by atomic mass is 10.1. The van der Waals surface area contributed by atoms with E-state index in [-0.39, 0.29) is 18.4 Å². The predicted molar refractivity (Wildman–Crippen MR) is 101 cm³/mol. The summed E-state index contributed by atoms with van der Waals surface area (Å²) in [7, 11) is 0. The molecule has 2 heterocycles. The molecule has 4 aromatic rings. The summed E-state index contributed by atoms with van der Waals surface area (Å²) in [6.07, 6.45) is 3.62. The van der Waals surface area contributed by atoms with E-state index in [1.807, 2.05) is 42.6 Å². The summed E-state index contributed by atoms with van der Waals surface area (Å²) in [5.41, 5.74) is 4.78. The highest BCUT2D eigenvalue weighted by atomic mass is 35.5. The number of nitrogens with zero attached hydrogens (tertiary/aromatic N) is 4. The SMILES string of the molecule is C[C@@H](Nc1nnc2cc(-c3cn[nH]c3)ccc2n1)c1ccccc1.Cl. The molecule has 0 amide bonds. The molecule has 0 aliphatic carbocycles. The van der Waals surface area contributed by atoms with E-state index in [1.165, 1.54) is 5.56 Å². The van der Waals surface area contributed by atoms with Gasteiger partial charge in [-0.2, -0.15) is 5.10 Å². The van der Waals surface area contributed by atoms with E-state index >= 15 is 0 Å². The zero-order valence-electron chi connectivity index (χ0n) is 13.5. The van der Waals surface area contributed by atoms with E-state index in [0.29, 0.717) is 5.95 Å². The molecule has 126 valence electrons. The summed E-state index contributed by atoms with van der Waals surface area (Å²) in [6, 6.07) is 16.2. The minimum atomic E-state index is 0. The summed E-state index contributed by atoms with van der Waals surface area (Å²) in [5.74, 6) is 0.523. The van der Waals surface area contributed by atoms with Crippen molar-refractivity contribution in [2.45, 2.75) is 13.0 Å². The molecular formula is C18H17ClN6. The number of rotatable bonds is 4. The smallest absolute Gasteiger partial charge is 0.243 e. The van der Waals surface area contributed by atoms with Gasteiger partial charge in [-0.1, -0.05) is 36.4 Å². The van der Waals surface area contributed by atoms with Crippen molar-refractivity contribution < 1.29 is 0 Å². The molecule has 0 fully saturated rings. The second kappa shape index (κ2) is 7.27. The average molecular weight is 353 g/mol. The van der Waals surface area contributed by atoms with Gasteiger partial charge in [0.15, 0.2) is 0 Å². The number of hydrogen-bond donors (Lipinski definition) is 2. The van der Waals surface area contributed by atoms with E-state index in [0.717, 1.165) is 22.2 Å². The zero-order valence-corrected chi connectivity index (χ0v) is 14.4. The van der Waals surface area contributed by atoms with Gasteiger partial charge < -0.3 is 5.32 Å². The van der Waals surface area contributed by atoms with Crippen molar-refractivity contribution in [2.75, 3.05) is 5.32 Å². The van der Waals surface area contributed by atoms with Crippen LogP contribution in [0.15, 0.2) is 60.9 Å². The number of anilines is 1. The van der Waals surface area contributed by atoms with Gasteiger partial charge in [0.2, 0.25) is 5.95 Å². The van der Waals surface area contributed by atoms with Gasteiger partial charge in [-0.15, -0.1) is 22.6 Å². The molecule has 2 N–H and O–H groups in total. The van der Waals surface area contributed by atoms with Crippen LogP contribution in [0.2, 0.25) is 0 Å². The van der Waals surface area contributed by atoms with Gasteiger partial charge in [-0.25, -0.2) is 4.98 Å². The highest BCUT2D eigenvalue weighted by Gasteiger charge is 2.09. The van der Waals surface area contributed by atoms with E-state index in [4.69, 9.17) is 0 Å². The highest BCUT2D eigenvalue weighted by Crippen LogP contribution is 2.22. The maximum atomic E-state index is 4.55. The third-order valence-corrected chi connectivity index (χ3v) is 3.93. The second-order valence-electron chi connectivity index (χ2n) is 5.60. The normalized spacial score (nSPS) is 11.7. The molecule has 6 nitrogen and oxygen atoms in total. The highest BCUT2D eigenvalue weighted by molar-refractivity contribution is 5.85. The fraction of sp³-hybridized carbons (Fsp3) is 0.111. The molecule has 0 aliphatic heterocycles. The summed E-state index contributed by atoms with van der Waals surface area (Å²) < 4.78 is 0. The zero-order chi connectivity index (χ0) is 16.4. The monoisotopic (exact) mass is 352 g/mol. The van der Waals surface area contributed by atoms with Gasteiger partial charge in [0.25, 0.3) is 0 Å². The van der Waals surface area contributed by atoms with Crippen molar-refractivity contribution in [2.24, 2.45) is 0 Å². The number of halogens is 1. The number of H-pyrrole nitrogens is 1. The number of hydrogen-bond acceptors (Lipinski definition) is 5. The molecule has 0 saturated heterocycles. The van der Waals surface area contributed by atoms with E-state index in [1.54, 1.807) is 6.20 Å². The van der Waals surface area contributed by atoms with Crippen LogP contribution < -0.4 is 5.32 Å². The number of aromatic nitrogens is 5. The molecule has 0 spiro atoms. The molecule has 4 rings (SSSR count). The molecule has 0 saturated carbocycles. The number of nitrogens with one attached hydrogen (secondary N) is 2. The Morgan fingerprint density at radius 3 is 2.56 bits per heavy atom. The minimum absolute atomic E-state index is 0. The number of aromatic amines is 1. The topological polar surface area (TPSA) is 79.4 Å². The van der Waals surface area contributed by atoms with E-state index in [2.05, 4.69) is 49.8 Å². The minimum Gasteiger partial charge on any atom is -0.346 e. The first-order valence-corrected chi connectivity index (χ1v) is 7.75. The lowest BCUT2D eigenvalue weighted by molar-refractivity contribution is 0.849. The quantitative estimate of drug-likeness (QED) is 0.580. The maximum Gasteiger partial charge on any atom is 0.243 e. The molecule has 0 bridgehead atoms. The maximum absolute atomic E-state index is 4.55. The molecule has 2 aromatic heterocycles. The molecule has 0 radical (unpaired) electrons. The Bertz CT molecular complexity index is 956. The third kappa shape index (κ3) is 3.59. The first kappa shape index (κ1) is 16.9. The van der Waals surface area contributed by atoms with Crippen molar-refractivity contribution in [3.05, 3.63) is 66.5 Å². The first-order chi connectivity index (χ1) is 11.8. The Labute approximate surface area is 151 Å². The fourth-order valence-electron chi connectivity index (χ4n) is 2.60. The predicted octanol–water partition coefficient (Wildman–Crippen LogP) is 4.01. The number of fused-ring (bicyclic) bond motifs is 1. The van der Waals surface area contributed by atoms with Gasteiger partial charge in [0.1, 0.15) is 5.52 Å².